The van der Waals surface area contributed by atoms with Crippen molar-refractivity contribution in [2.75, 3.05) is 0 Å². The second-order valence-electron chi connectivity index (χ2n) is 6.31. The van der Waals surface area contributed by atoms with E-state index in [1.165, 1.54) is 38.9 Å². The van der Waals surface area contributed by atoms with Crippen LogP contribution in [0, 0.1) is 6.92 Å². The fraction of sp³-hybridized carbons (Fsp3) is 0.0400. The molecule has 120 valence electrons. The molecule has 0 aliphatic carbocycles. The summed E-state index contributed by atoms with van der Waals surface area (Å²) in [7, 11) is 0. The van der Waals surface area contributed by atoms with Gasteiger partial charge in [-0.25, -0.2) is 0 Å². The van der Waals surface area contributed by atoms with Gasteiger partial charge >= 0.3 is 0 Å². The molecule has 0 heteroatoms. The Kier molecular flexibility index (Phi) is 4.18. The van der Waals surface area contributed by atoms with Gasteiger partial charge in [0.2, 0.25) is 0 Å². The summed E-state index contributed by atoms with van der Waals surface area (Å²) in [6.07, 6.45) is 0. The van der Waals surface area contributed by atoms with Crippen molar-refractivity contribution in [2.45, 2.75) is 6.92 Å². The predicted molar refractivity (Wildman–Crippen MR) is 107 cm³/mol. The first-order chi connectivity index (χ1) is 12.3. The van der Waals surface area contributed by atoms with E-state index in [-0.39, 0.29) is 0 Å². The number of hydrogen-bond donors (Lipinski definition) is 0. The van der Waals surface area contributed by atoms with Crippen LogP contribution in [0.4, 0.5) is 0 Å². The molecule has 0 atom stereocenters. The van der Waals surface area contributed by atoms with E-state index in [9.17, 15) is 0 Å². The maximum atomic E-state index is 2.32. The van der Waals surface area contributed by atoms with Gasteiger partial charge in [0.1, 0.15) is 0 Å². The standard InChI is InChI=1S/C25H20/c1-19-17-23(20-11-5-2-6-12-20)18-24(21-13-7-3-8-14-21)25(19)22-15-9-4-10-16-22/h2-18H,1H3. The Bertz CT molecular complexity index is 968. The highest BCUT2D eigenvalue weighted by Gasteiger charge is 2.12. The minimum atomic E-state index is 1.25. The maximum absolute atomic E-state index is 2.32. The van der Waals surface area contributed by atoms with Gasteiger partial charge in [0, 0.05) is 0 Å². The molecule has 0 bridgehead atoms. The molecule has 4 rings (SSSR count). The quantitative estimate of drug-likeness (QED) is 0.381. The number of rotatable bonds is 3. The van der Waals surface area contributed by atoms with Crippen LogP contribution >= 0.6 is 0 Å². The van der Waals surface area contributed by atoms with E-state index in [1.807, 2.05) is 0 Å². The second-order valence-corrected chi connectivity index (χ2v) is 6.31. The van der Waals surface area contributed by atoms with Gasteiger partial charge in [0.15, 0.2) is 0 Å². The molecule has 0 aliphatic heterocycles. The summed E-state index contributed by atoms with van der Waals surface area (Å²) in [6, 6.07) is 36.5. The van der Waals surface area contributed by atoms with Gasteiger partial charge in [-0.05, 0) is 51.9 Å². The molecule has 0 radical (unpaired) electrons. The molecule has 0 unspecified atom stereocenters. The van der Waals surface area contributed by atoms with E-state index in [0.29, 0.717) is 0 Å². The molecule has 4 aromatic carbocycles. The predicted octanol–water partition coefficient (Wildman–Crippen LogP) is 7.00. The number of aryl methyl sites for hydroxylation is 1. The second kappa shape index (κ2) is 6.78. The highest BCUT2D eigenvalue weighted by Crippen LogP contribution is 2.38. The van der Waals surface area contributed by atoms with E-state index in [0.717, 1.165) is 0 Å². The van der Waals surface area contributed by atoms with Crippen LogP contribution in [0.3, 0.4) is 0 Å². The van der Waals surface area contributed by atoms with Gasteiger partial charge in [-0.15, -0.1) is 0 Å². The lowest BCUT2D eigenvalue weighted by atomic mass is 9.88. The Morgan fingerprint density at radius 2 is 0.920 bits per heavy atom. The first-order valence-corrected chi connectivity index (χ1v) is 8.64. The van der Waals surface area contributed by atoms with Gasteiger partial charge in [-0.1, -0.05) is 97.1 Å². The van der Waals surface area contributed by atoms with E-state index in [1.54, 1.807) is 0 Å². The summed E-state index contributed by atoms with van der Waals surface area (Å²) in [6.45, 7) is 2.21. The molecule has 25 heavy (non-hydrogen) atoms. The van der Waals surface area contributed by atoms with Gasteiger partial charge < -0.3 is 0 Å². The average molecular weight is 320 g/mol. The Hall–Kier alpha value is -3.12. The molecular formula is C25H20. The van der Waals surface area contributed by atoms with Crippen LogP contribution in [0.5, 0.6) is 0 Å². The maximum Gasteiger partial charge on any atom is -0.00757 e. The lowest BCUT2D eigenvalue weighted by molar-refractivity contribution is 1.44. The van der Waals surface area contributed by atoms with Crippen LogP contribution in [0.2, 0.25) is 0 Å². The third-order valence-electron chi connectivity index (χ3n) is 4.59. The molecule has 0 aromatic heterocycles. The Morgan fingerprint density at radius 3 is 1.48 bits per heavy atom. The van der Waals surface area contributed by atoms with Crippen LogP contribution < -0.4 is 0 Å². The topological polar surface area (TPSA) is 0 Å². The third-order valence-corrected chi connectivity index (χ3v) is 4.59. The molecule has 4 aromatic rings. The molecule has 0 aliphatic rings. The molecule has 0 fully saturated rings. The zero-order valence-corrected chi connectivity index (χ0v) is 14.3. The minimum absolute atomic E-state index is 1.25. The van der Waals surface area contributed by atoms with Crippen LogP contribution in [-0.2, 0) is 0 Å². The summed E-state index contributed by atoms with van der Waals surface area (Å²) in [5, 5.41) is 0. The zero-order valence-electron chi connectivity index (χ0n) is 14.3. The molecule has 0 saturated heterocycles. The van der Waals surface area contributed by atoms with Gasteiger partial charge in [0.25, 0.3) is 0 Å². The van der Waals surface area contributed by atoms with Crippen molar-refractivity contribution in [3.63, 3.8) is 0 Å². The number of hydrogen-bond acceptors (Lipinski definition) is 0. The van der Waals surface area contributed by atoms with E-state index in [4.69, 9.17) is 0 Å². The molecule has 0 nitrogen and oxygen atoms in total. The molecule has 0 N–H and O–H groups in total. The molecule has 0 heterocycles. The van der Waals surface area contributed by atoms with Crippen LogP contribution in [-0.4, -0.2) is 0 Å². The fourth-order valence-electron chi connectivity index (χ4n) is 3.42. The van der Waals surface area contributed by atoms with E-state index < -0.39 is 0 Å². The van der Waals surface area contributed by atoms with Crippen molar-refractivity contribution < 1.29 is 0 Å². The van der Waals surface area contributed by atoms with Crippen molar-refractivity contribution in [3.8, 4) is 33.4 Å². The number of benzene rings is 4. The summed E-state index contributed by atoms with van der Waals surface area (Å²) in [5.41, 5.74) is 8.92. The SMILES string of the molecule is Cc1cc(-c2ccccc2)cc(-c2ccccc2)c1-c1ccccc1. The summed E-state index contributed by atoms with van der Waals surface area (Å²) in [5.74, 6) is 0. The van der Waals surface area contributed by atoms with Crippen molar-refractivity contribution in [1.29, 1.82) is 0 Å². The normalized spacial score (nSPS) is 10.6. The van der Waals surface area contributed by atoms with Gasteiger partial charge in [-0.3, -0.25) is 0 Å². The fourth-order valence-corrected chi connectivity index (χ4v) is 3.42. The Balaban J connectivity index is 1.99. The highest BCUT2D eigenvalue weighted by molar-refractivity contribution is 5.89. The molecule has 0 spiro atoms. The van der Waals surface area contributed by atoms with Crippen molar-refractivity contribution in [3.05, 3.63) is 109 Å². The zero-order chi connectivity index (χ0) is 17.1. The Labute approximate surface area is 149 Å². The van der Waals surface area contributed by atoms with Crippen molar-refractivity contribution in [1.82, 2.24) is 0 Å². The van der Waals surface area contributed by atoms with Gasteiger partial charge in [-0.2, -0.15) is 0 Å². The monoisotopic (exact) mass is 320 g/mol. The highest BCUT2D eigenvalue weighted by atomic mass is 14.2. The lowest BCUT2D eigenvalue weighted by Gasteiger charge is -2.16. The van der Waals surface area contributed by atoms with Gasteiger partial charge in [0.05, 0.1) is 0 Å². The third kappa shape index (κ3) is 3.12. The van der Waals surface area contributed by atoms with Crippen LogP contribution in [0.25, 0.3) is 33.4 Å². The van der Waals surface area contributed by atoms with Crippen LogP contribution in [0.1, 0.15) is 5.56 Å². The lowest BCUT2D eigenvalue weighted by Crippen LogP contribution is -1.91. The molecule has 0 amide bonds. The summed E-state index contributed by atoms with van der Waals surface area (Å²) < 4.78 is 0. The largest absolute Gasteiger partial charge is 0.0622 e. The van der Waals surface area contributed by atoms with E-state index in [2.05, 4.69) is 110 Å². The van der Waals surface area contributed by atoms with Crippen LogP contribution in [0.15, 0.2) is 103 Å². The average Bonchev–Trinajstić information content (AvgIpc) is 2.69. The molecular weight excluding hydrogens is 300 g/mol. The summed E-state index contributed by atoms with van der Waals surface area (Å²) in [4.78, 5) is 0. The Morgan fingerprint density at radius 1 is 0.440 bits per heavy atom. The van der Waals surface area contributed by atoms with Crippen molar-refractivity contribution >= 4 is 0 Å². The first-order valence-electron chi connectivity index (χ1n) is 8.64. The molecule has 0 saturated carbocycles. The summed E-state index contributed by atoms with van der Waals surface area (Å²) >= 11 is 0. The first kappa shape index (κ1) is 15.4. The van der Waals surface area contributed by atoms with E-state index >= 15 is 0 Å². The minimum Gasteiger partial charge on any atom is -0.0622 e. The van der Waals surface area contributed by atoms with Crippen molar-refractivity contribution in [2.24, 2.45) is 0 Å². The smallest absolute Gasteiger partial charge is 0.00757 e.